The van der Waals surface area contributed by atoms with Crippen LogP contribution in [-0.2, 0) is 6.54 Å². The van der Waals surface area contributed by atoms with Crippen LogP contribution in [0.3, 0.4) is 0 Å². The monoisotopic (exact) mass is 442 g/mol. The zero-order valence-corrected chi connectivity index (χ0v) is 17.8. The first kappa shape index (κ1) is 19.4. The minimum Gasteiger partial charge on any atom is -0.342 e. The fourth-order valence-corrected chi connectivity index (χ4v) is 4.28. The molecule has 0 aliphatic carbocycles. The van der Waals surface area contributed by atoms with Crippen LogP contribution in [0.1, 0.15) is 17.0 Å². The highest BCUT2D eigenvalue weighted by molar-refractivity contribution is 6.36. The number of H-pyrrole nitrogens is 1. The van der Waals surface area contributed by atoms with Crippen LogP contribution < -0.4 is 0 Å². The van der Waals surface area contributed by atoms with Gasteiger partial charge in [-0.25, -0.2) is 4.98 Å². The van der Waals surface area contributed by atoms with Crippen molar-refractivity contribution in [3.63, 3.8) is 0 Å². The van der Waals surface area contributed by atoms with Crippen molar-refractivity contribution in [2.75, 3.05) is 0 Å². The van der Waals surface area contributed by atoms with Gasteiger partial charge in [0.2, 0.25) is 0 Å². The Hall–Kier alpha value is -3.52. The van der Waals surface area contributed by atoms with E-state index in [-0.39, 0.29) is 0 Å². The third-order valence-electron chi connectivity index (χ3n) is 5.27. The van der Waals surface area contributed by atoms with Crippen molar-refractivity contribution in [1.29, 1.82) is 5.26 Å². The Kier molecular flexibility index (Phi) is 4.99. The molecule has 0 atom stereocenters. The maximum absolute atomic E-state index is 9.83. The van der Waals surface area contributed by atoms with Gasteiger partial charge in [-0.05, 0) is 36.4 Å². The molecule has 0 radical (unpaired) electrons. The maximum atomic E-state index is 9.83. The van der Waals surface area contributed by atoms with Gasteiger partial charge in [-0.15, -0.1) is 0 Å². The highest BCUT2D eigenvalue weighted by Gasteiger charge is 2.13. The summed E-state index contributed by atoms with van der Waals surface area (Å²) in [4.78, 5) is 7.80. The lowest BCUT2D eigenvalue weighted by Crippen LogP contribution is -1.99. The summed E-state index contributed by atoms with van der Waals surface area (Å²) in [6, 6.07) is 23.6. The smallest absolute Gasteiger partial charge is 0.149 e. The second-order valence-electron chi connectivity index (χ2n) is 7.20. The summed E-state index contributed by atoms with van der Waals surface area (Å²) in [7, 11) is 0. The van der Waals surface area contributed by atoms with Gasteiger partial charge in [0.25, 0.3) is 0 Å². The van der Waals surface area contributed by atoms with Crippen molar-refractivity contribution < 1.29 is 0 Å². The number of benzene rings is 3. The van der Waals surface area contributed by atoms with Crippen LogP contribution in [0.5, 0.6) is 0 Å². The van der Waals surface area contributed by atoms with Gasteiger partial charge in [-0.3, -0.25) is 0 Å². The van der Waals surface area contributed by atoms with Crippen LogP contribution in [0, 0.1) is 11.3 Å². The summed E-state index contributed by atoms with van der Waals surface area (Å²) >= 11 is 12.8. The van der Waals surface area contributed by atoms with Crippen molar-refractivity contribution in [1.82, 2.24) is 14.5 Å². The van der Waals surface area contributed by atoms with E-state index in [1.807, 2.05) is 79.0 Å². The number of nitriles is 1. The van der Waals surface area contributed by atoms with Gasteiger partial charge in [-0.2, -0.15) is 5.26 Å². The summed E-state index contributed by atoms with van der Waals surface area (Å²) in [6.07, 6.45) is 3.88. The average molecular weight is 443 g/mol. The highest BCUT2D eigenvalue weighted by atomic mass is 35.5. The zero-order valence-electron chi connectivity index (χ0n) is 16.3. The Morgan fingerprint density at radius 3 is 2.52 bits per heavy atom. The molecular formula is C25H16Cl2N4. The first-order valence-electron chi connectivity index (χ1n) is 9.72. The van der Waals surface area contributed by atoms with Crippen molar-refractivity contribution in [3.8, 4) is 6.07 Å². The summed E-state index contributed by atoms with van der Waals surface area (Å²) in [6.45, 7) is 0.527. The number of nitrogens with one attached hydrogen (secondary N) is 1. The standard InChI is InChI=1S/C25H16Cl2N4/c26-20-7-5-8-21(27)19(20)15-31-14-17(18-6-1-4-11-24(18)31)12-16(13-28)25-29-22-9-2-3-10-23(22)30-25/h1-12,14H,15H2,(H,29,30)/b16-12+. The zero-order chi connectivity index (χ0) is 21.4. The molecular weight excluding hydrogens is 427 g/mol. The molecule has 0 unspecified atom stereocenters. The van der Waals surface area contributed by atoms with Crippen LogP contribution in [0.25, 0.3) is 33.6 Å². The number of nitrogens with zero attached hydrogens (tertiary/aromatic N) is 3. The summed E-state index contributed by atoms with van der Waals surface area (Å²) < 4.78 is 2.10. The minimum absolute atomic E-state index is 0.467. The molecule has 0 spiro atoms. The van der Waals surface area contributed by atoms with Gasteiger partial charge in [0.1, 0.15) is 11.9 Å². The number of halogens is 2. The van der Waals surface area contributed by atoms with E-state index in [2.05, 4.69) is 20.6 Å². The predicted molar refractivity (Wildman–Crippen MR) is 127 cm³/mol. The molecule has 150 valence electrons. The fourth-order valence-electron chi connectivity index (χ4n) is 3.76. The lowest BCUT2D eigenvalue weighted by molar-refractivity contribution is 0.836. The molecule has 2 heterocycles. The fraction of sp³-hybridized carbons (Fsp3) is 0.0400. The number of aromatic amines is 1. The molecule has 1 N–H and O–H groups in total. The SMILES string of the molecule is N#C/C(=C\c1cn(Cc2c(Cl)cccc2Cl)c2ccccc12)c1nc2ccccc2[nH]1. The predicted octanol–water partition coefficient (Wildman–Crippen LogP) is 6.94. The van der Waals surface area contributed by atoms with Crippen LogP contribution in [-0.4, -0.2) is 14.5 Å². The van der Waals surface area contributed by atoms with Gasteiger partial charge < -0.3 is 9.55 Å². The molecule has 0 amide bonds. The molecule has 5 aromatic rings. The molecule has 0 saturated heterocycles. The number of fused-ring (bicyclic) bond motifs is 2. The van der Waals surface area contributed by atoms with Gasteiger partial charge in [-0.1, -0.05) is 59.6 Å². The van der Waals surface area contributed by atoms with E-state index >= 15 is 0 Å². The second kappa shape index (κ2) is 7.96. The Bertz CT molecular complexity index is 1450. The first-order chi connectivity index (χ1) is 15.1. The molecule has 6 heteroatoms. The largest absolute Gasteiger partial charge is 0.342 e. The van der Waals surface area contributed by atoms with E-state index in [0.717, 1.165) is 33.1 Å². The van der Waals surface area contributed by atoms with Crippen molar-refractivity contribution >= 4 is 56.8 Å². The molecule has 4 nitrogen and oxygen atoms in total. The van der Waals surface area contributed by atoms with E-state index in [9.17, 15) is 5.26 Å². The normalized spacial score (nSPS) is 11.8. The molecule has 5 rings (SSSR count). The van der Waals surface area contributed by atoms with Crippen molar-refractivity contribution in [2.45, 2.75) is 6.54 Å². The molecule has 0 saturated carbocycles. The van der Waals surface area contributed by atoms with Crippen molar-refractivity contribution in [2.24, 2.45) is 0 Å². The van der Waals surface area contributed by atoms with E-state index in [1.165, 1.54) is 0 Å². The average Bonchev–Trinajstić information content (AvgIpc) is 3.36. The van der Waals surface area contributed by atoms with E-state index < -0.39 is 0 Å². The minimum atomic E-state index is 0.467. The second-order valence-corrected chi connectivity index (χ2v) is 8.02. The number of imidazole rings is 1. The number of aromatic nitrogens is 3. The molecule has 2 aromatic heterocycles. The topological polar surface area (TPSA) is 57.4 Å². The Balaban J connectivity index is 1.62. The summed E-state index contributed by atoms with van der Waals surface area (Å²) in [5.41, 5.74) is 5.01. The molecule has 0 aliphatic rings. The Morgan fingerprint density at radius 1 is 1.00 bits per heavy atom. The van der Waals surface area contributed by atoms with Crippen LogP contribution in [0.4, 0.5) is 0 Å². The molecule has 0 bridgehead atoms. The van der Waals surface area contributed by atoms with Crippen LogP contribution in [0.15, 0.2) is 72.9 Å². The Morgan fingerprint density at radius 2 is 1.74 bits per heavy atom. The van der Waals surface area contributed by atoms with Crippen LogP contribution in [0.2, 0.25) is 10.0 Å². The quantitative estimate of drug-likeness (QED) is 0.306. The number of hydrogen-bond donors (Lipinski definition) is 1. The first-order valence-corrected chi connectivity index (χ1v) is 10.5. The lowest BCUT2D eigenvalue weighted by Gasteiger charge is -2.09. The van der Waals surface area contributed by atoms with E-state index in [1.54, 1.807) is 0 Å². The summed E-state index contributed by atoms with van der Waals surface area (Å²) in [5.74, 6) is 0.551. The Labute approximate surface area is 189 Å². The van der Waals surface area contributed by atoms with Crippen LogP contribution >= 0.6 is 23.2 Å². The third-order valence-corrected chi connectivity index (χ3v) is 5.98. The van der Waals surface area contributed by atoms with Gasteiger partial charge in [0.15, 0.2) is 0 Å². The highest BCUT2D eigenvalue weighted by Crippen LogP contribution is 2.30. The van der Waals surface area contributed by atoms with Crippen molar-refractivity contribution in [3.05, 3.63) is 99.9 Å². The molecule has 0 fully saturated rings. The number of para-hydroxylation sites is 3. The number of rotatable bonds is 4. The van der Waals surface area contributed by atoms with Gasteiger partial charge in [0, 0.05) is 38.3 Å². The van der Waals surface area contributed by atoms with Gasteiger partial charge >= 0.3 is 0 Å². The molecule has 3 aromatic carbocycles. The summed E-state index contributed by atoms with van der Waals surface area (Å²) in [5, 5.41) is 12.1. The maximum Gasteiger partial charge on any atom is 0.149 e. The number of allylic oxidation sites excluding steroid dienone is 1. The third kappa shape index (κ3) is 3.59. The van der Waals surface area contributed by atoms with E-state index in [0.29, 0.717) is 28.0 Å². The number of hydrogen-bond acceptors (Lipinski definition) is 2. The molecule has 0 aliphatic heterocycles. The van der Waals surface area contributed by atoms with Gasteiger partial charge in [0.05, 0.1) is 23.2 Å². The molecule has 31 heavy (non-hydrogen) atoms. The van der Waals surface area contributed by atoms with E-state index in [4.69, 9.17) is 23.2 Å². The lowest BCUT2D eigenvalue weighted by atomic mass is 10.1.